The average Bonchev–Trinajstić information content (AvgIpc) is 2.98. The van der Waals surface area contributed by atoms with Gasteiger partial charge in [0.15, 0.2) is 0 Å². The highest BCUT2D eigenvalue weighted by molar-refractivity contribution is 7.89. The van der Waals surface area contributed by atoms with Gasteiger partial charge < -0.3 is 9.84 Å². The molecular weight excluding hydrogens is 422 g/mol. The summed E-state index contributed by atoms with van der Waals surface area (Å²) >= 11 is 0. The van der Waals surface area contributed by atoms with Crippen molar-refractivity contribution in [1.82, 2.24) is 4.72 Å². The predicted molar refractivity (Wildman–Crippen MR) is 123 cm³/mol. The van der Waals surface area contributed by atoms with Gasteiger partial charge in [-0.15, -0.1) is 0 Å². The Kier molecular flexibility index (Phi) is 5.86. The summed E-state index contributed by atoms with van der Waals surface area (Å²) in [6.45, 7) is 0.380. The van der Waals surface area contributed by atoms with E-state index in [1.807, 2.05) is 24.3 Å². The predicted octanol–water partition coefficient (Wildman–Crippen LogP) is 3.41. The van der Waals surface area contributed by atoms with Gasteiger partial charge in [-0.2, -0.15) is 0 Å². The maximum Gasteiger partial charge on any atom is 0.240 e. The van der Waals surface area contributed by atoms with Crippen LogP contribution in [0.1, 0.15) is 34.6 Å². The minimum Gasteiger partial charge on any atom is -0.389 e. The van der Waals surface area contributed by atoms with Crippen molar-refractivity contribution >= 4 is 10.0 Å². The van der Waals surface area contributed by atoms with Crippen LogP contribution < -0.4 is 4.72 Å². The van der Waals surface area contributed by atoms with Crippen LogP contribution in [-0.2, 0) is 27.6 Å². The van der Waals surface area contributed by atoms with Crippen LogP contribution in [0.5, 0.6) is 0 Å². The molecule has 2 N–H and O–H groups in total. The molecule has 32 heavy (non-hydrogen) atoms. The third-order valence-electron chi connectivity index (χ3n) is 6.62. The molecule has 0 radical (unpaired) electrons. The van der Waals surface area contributed by atoms with E-state index in [1.54, 1.807) is 30.3 Å². The number of rotatable bonds is 4. The number of sulfonamides is 1. The molecule has 3 atom stereocenters. The Labute approximate surface area is 189 Å². The van der Waals surface area contributed by atoms with E-state index in [4.69, 9.17) is 4.74 Å². The van der Waals surface area contributed by atoms with Crippen LogP contribution in [0.25, 0.3) is 0 Å². The van der Waals surface area contributed by atoms with Gasteiger partial charge in [-0.1, -0.05) is 66.7 Å². The van der Waals surface area contributed by atoms with E-state index >= 15 is 0 Å². The van der Waals surface area contributed by atoms with Crippen LogP contribution in [0.15, 0.2) is 83.8 Å². The van der Waals surface area contributed by atoms with E-state index in [9.17, 15) is 13.5 Å². The van der Waals surface area contributed by atoms with Crippen LogP contribution in [0, 0.1) is 0 Å². The van der Waals surface area contributed by atoms with Gasteiger partial charge >= 0.3 is 0 Å². The van der Waals surface area contributed by atoms with Crippen LogP contribution >= 0.6 is 0 Å². The van der Waals surface area contributed by atoms with Gasteiger partial charge in [0.2, 0.25) is 10.0 Å². The largest absolute Gasteiger partial charge is 0.389 e. The fourth-order valence-electron chi connectivity index (χ4n) is 5.04. The molecule has 0 spiro atoms. The van der Waals surface area contributed by atoms with Crippen molar-refractivity contribution in [2.24, 2.45) is 0 Å². The fraction of sp³-hybridized carbons (Fsp3) is 0.308. The van der Waals surface area contributed by atoms with Crippen molar-refractivity contribution in [2.75, 3.05) is 6.61 Å². The lowest BCUT2D eigenvalue weighted by atomic mass is 9.79. The summed E-state index contributed by atoms with van der Waals surface area (Å²) in [5.41, 5.74) is 4.79. The van der Waals surface area contributed by atoms with Gasteiger partial charge in [0.25, 0.3) is 0 Å². The fourth-order valence-corrected chi connectivity index (χ4v) is 6.35. The molecule has 3 aromatic rings. The number of hydrogen-bond donors (Lipinski definition) is 2. The molecule has 1 heterocycles. The number of nitrogens with one attached hydrogen (secondary N) is 1. The minimum absolute atomic E-state index is 0.163. The number of ether oxygens (including phenoxy) is 1. The smallest absolute Gasteiger partial charge is 0.240 e. The Hall–Kier alpha value is -2.51. The Morgan fingerprint density at radius 1 is 0.812 bits per heavy atom. The first kappa shape index (κ1) is 21.3. The molecule has 1 aliphatic heterocycles. The van der Waals surface area contributed by atoms with Gasteiger partial charge in [-0.3, -0.25) is 0 Å². The van der Waals surface area contributed by atoms with Crippen LogP contribution in [0.3, 0.4) is 0 Å². The standard InChI is InChI=1S/C26H27NO4S/c28-25-23(27-32(29,30)20-10-2-1-3-11-20)16-17-31-26(25)24-21-12-6-4-8-18(21)14-15-19-9-5-7-13-22(19)24/h1-13,23-28H,14-17H2. The van der Waals surface area contributed by atoms with Gasteiger partial charge in [0, 0.05) is 12.5 Å². The second-order valence-corrected chi connectivity index (χ2v) is 10.2. The summed E-state index contributed by atoms with van der Waals surface area (Å²) in [6.07, 6.45) is 0.742. The number of benzene rings is 3. The van der Waals surface area contributed by atoms with Crippen molar-refractivity contribution in [1.29, 1.82) is 0 Å². The molecule has 3 unspecified atom stereocenters. The Morgan fingerprint density at radius 3 is 2.00 bits per heavy atom. The van der Waals surface area contributed by atoms with E-state index in [-0.39, 0.29) is 10.8 Å². The summed E-state index contributed by atoms with van der Waals surface area (Å²) in [7, 11) is -3.74. The second kappa shape index (κ2) is 8.79. The lowest BCUT2D eigenvalue weighted by Crippen LogP contribution is -2.54. The average molecular weight is 450 g/mol. The zero-order chi connectivity index (χ0) is 22.1. The third kappa shape index (κ3) is 3.99. The van der Waals surface area contributed by atoms with Crippen molar-refractivity contribution in [3.63, 3.8) is 0 Å². The quantitative estimate of drug-likeness (QED) is 0.640. The molecule has 1 aliphatic carbocycles. The molecule has 0 aromatic heterocycles. The first-order chi connectivity index (χ1) is 15.5. The molecule has 5 rings (SSSR count). The van der Waals surface area contributed by atoms with E-state index in [0.717, 1.165) is 24.0 Å². The molecule has 0 amide bonds. The molecule has 1 fully saturated rings. The van der Waals surface area contributed by atoms with E-state index < -0.39 is 28.3 Å². The lowest BCUT2D eigenvalue weighted by Gasteiger charge is -2.40. The molecule has 3 aromatic carbocycles. The number of hydrogen-bond acceptors (Lipinski definition) is 4. The third-order valence-corrected chi connectivity index (χ3v) is 8.13. The van der Waals surface area contributed by atoms with Crippen molar-refractivity contribution < 1.29 is 18.3 Å². The van der Waals surface area contributed by atoms with E-state index in [1.165, 1.54) is 11.1 Å². The molecule has 166 valence electrons. The minimum atomic E-state index is -3.74. The van der Waals surface area contributed by atoms with Crippen molar-refractivity contribution in [3.8, 4) is 0 Å². The first-order valence-corrected chi connectivity index (χ1v) is 12.6. The van der Waals surface area contributed by atoms with Gasteiger partial charge in [0.1, 0.15) is 0 Å². The topological polar surface area (TPSA) is 75.6 Å². The highest BCUT2D eigenvalue weighted by atomic mass is 32.2. The molecule has 0 saturated carbocycles. The Morgan fingerprint density at radius 2 is 1.38 bits per heavy atom. The summed E-state index contributed by atoms with van der Waals surface area (Å²) in [5, 5.41) is 11.4. The lowest BCUT2D eigenvalue weighted by molar-refractivity contribution is -0.0933. The van der Waals surface area contributed by atoms with Crippen LogP contribution in [0.2, 0.25) is 0 Å². The normalized spacial score (nSPS) is 23.7. The monoisotopic (exact) mass is 449 g/mol. The second-order valence-electron chi connectivity index (χ2n) is 8.53. The zero-order valence-corrected chi connectivity index (χ0v) is 18.5. The summed E-state index contributed by atoms with van der Waals surface area (Å²) in [6, 6.07) is 24.3. The Balaban J connectivity index is 1.50. The highest BCUT2D eigenvalue weighted by Crippen LogP contribution is 2.40. The first-order valence-electron chi connectivity index (χ1n) is 11.1. The molecule has 2 aliphatic rings. The number of aryl methyl sites for hydroxylation is 2. The summed E-state index contributed by atoms with van der Waals surface area (Å²) < 4.78 is 34.7. The maximum atomic E-state index is 12.9. The SMILES string of the molecule is O=S(=O)(NC1CCOC(C2c3ccccc3CCc3ccccc32)C1O)c1ccccc1. The van der Waals surface area contributed by atoms with Crippen molar-refractivity contribution in [2.45, 2.75) is 48.3 Å². The highest BCUT2D eigenvalue weighted by Gasteiger charge is 2.42. The zero-order valence-electron chi connectivity index (χ0n) is 17.7. The molecular formula is C26H27NO4S. The summed E-state index contributed by atoms with van der Waals surface area (Å²) in [5.74, 6) is -0.163. The van der Waals surface area contributed by atoms with E-state index in [2.05, 4.69) is 29.0 Å². The number of aliphatic hydroxyl groups is 1. The summed E-state index contributed by atoms with van der Waals surface area (Å²) in [4.78, 5) is 0.195. The van der Waals surface area contributed by atoms with Crippen LogP contribution in [0.4, 0.5) is 0 Å². The maximum absolute atomic E-state index is 12.9. The van der Waals surface area contributed by atoms with Gasteiger partial charge in [0.05, 0.1) is 23.1 Å². The molecule has 1 saturated heterocycles. The van der Waals surface area contributed by atoms with Crippen molar-refractivity contribution in [3.05, 3.63) is 101 Å². The molecule has 5 nitrogen and oxygen atoms in total. The van der Waals surface area contributed by atoms with Gasteiger partial charge in [-0.05, 0) is 53.6 Å². The molecule has 0 bridgehead atoms. The van der Waals surface area contributed by atoms with Gasteiger partial charge in [-0.25, -0.2) is 13.1 Å². The Bertz CT molecular complexity index is 1150. The van der Waals surface area contributed by atoms with Crippen LogP contribution in [-0.4, -0.2) is 38.4 Å². The molecule has 6 heteroatoms. The number of fused-ring (bicyclic) bond motifs is 2. The van der Waals surface area contributed by atoms with E-state index in [0.29, 0.717) is 13.0 Å². The number of aliphatic hydroxyl groups excluding tert-OH is 1.